The number of carbonyl (C=O) groups is 1. The van der Waals surface area contributed by atoms with Crippen LogP contribution in [-0.4, -0.2) is 31.1 Å². The summed E-state index contributed by atoms with van der Waals surface area (Å²) in [5.41, 5.74) is 2.72. The van der Waals surface area contributed by atoms with Gasteiger partial charge in [0.1, 0.15) is 12.1 Å². The van der Waals surface area contributed by atoms with E-state index in [0.717, 1.165) is 17.5 Å². The summed E-state index contributed by atoms with van der Waals surface area (Å²) in [6.07, 6.45) is 4.15. The number of nitrogens with one attached hydrogen (secondary N) is 1. The van der Waals surface area contributed by atoms with Gasteiger partial charge in [-0.15, -0.1) is 5.10 Å². The Hall–Kier alpha value is -3.09. The van der Waals surface area contributed by atoms with E-state index in [0.29, 0.717) is 17.9 Å². The van der Waals surface area contributed by atoms with Gasteiger partial charge in [0.25, 0.3) is 5.91 Å². The van der Waals surface area contributed by atoms with Crippen molar-refractivity contribution in [3.63, 3.8) is 0 Å². The fourth-order valence-electron chi connectivity index (χ4n) is 2.15. The minimum atomic E-state index is -0.181. The molecule has 0 radical (unpaired) electrons. The molecule has 116 valence electrons. The Labute approximate surface area is 133 Å². The summed E-state index contributed by atoms with van der Waals surface area (Å²) < 4.78 is 1.62. The van der Waals surface area contributed by atoms with E-state index >= 15 is 0 Å². The summed E-state index contributed by atoms with van der Waals surface area (Å²) in [5, 5.41) is 13.8. The van der Waals surface area contributed by atoms with Gasteiger partial charge in [-0.3, -0.25) is 4.79 Å². The van der Waals surface area contributed by atoms with Crippen molar-refractivity contribution in [2.75, 3.05) is 5.32 Å². The zero-order valence-electron chi connectivity index (χ0n) is 12.7. The number of carbonyl (C=O) groups excluding carboxylic acids is 1. The molecule has 0 unspecified atom stereocenters. The van der Waals surface area contributed by atoms with Gasteiger partial charge in [0, 0.05) is 11.8 Å². The standard InChI is InChI=1S/C16H16N6O/c1-2-12-7-8-17-15(9-12)19-16(23)14-5-3-13(4-6-14)10-22-11-18-20-21-22/h3-9,11H,2,10H2,1H3,(H,17,19,23). The smallest absolute Gasteiger partial charge is 0.256 e. The molecule has 2 aromatic heterocycles. The Morgan fingerprint density at radius 1 is 1.17 bits per heavy atom. The first-order valence-electron chi connectivity index (χ1n) is 7.30. The zero-order chi connectivity index (χ0) is 16.1. The molecule has 0 saturated carbocycles. The monoisotopic (exact) mass is 308 g/mol. The van der Waals surface area contributed by atoms with Crippen molar-refractivity contribution in [1.82, 2.24) is 25.2 Å². The molecule has 3 rings (SSSR count). The lowest BCUT2D eigenvalue weighted by Gasteiger charge is -2.07. The molecule has 0 atom stereocenters. The first-order valence-corrected chi connectivity index (χ1v) is 7.30. The molecular formula is C16H16N6O. The Kier molecular flexibility index (Phi) is 4.37. The maximum atomic E-state index is 12.3. The van der Waals surface area contributed by atoms with Crippen LogP contribution in [0.25, 0.3) is 0 Å². The van der Waals surface area contributed by atoms with Crippen molar-refractivity contribution in [3.05, 3.63) is 65.6 Å². The fourth-order valence-corrected chi connectivity index (χ4v) is 2.15. The zero-order valence-corrected chi connectivity index (χ0v) is 12.7. The number of hydrogen-bond donors (Lipinski definition) is 1. The summed E-state index contributed by atoms with van der Waals surface area (Å²) in [6.45, 7) is 2.62. The second-order valence-electron chi connectivity index (χ2n) is 5.06. The van der Waals surface area contributed by atoms with Crippen LogP contribution >= 0.6 is 0 Å². The van der Waals surface area contributed by atoms with Crippen molar-refractivity contribution in [3.8, 4) is 0 Å². The lowest BCUT2D eigenvalue weighted by atomic mass is 10.1. The molecule has 23 heavy (non-hydrogen) atoms. The van der Waals surface area contributed by atoms with Crippen LogP contribution in [0, 0.1) is 0 Å². The van der Waals surface area contributed by atoms with Crippen LogP contribution in [-0.2, 0) is 13.0 Å². The Balaban J connectivity index is 1.67. The number of pyridine rings is 1. The van der Waals surface area contributed by atoms with Crippen molar-refractivity contribution >= 4 is 11.7 Å². The quantitative estimate of drug-likeness (QED) is 0.778. The molecule has 0 aliphatic heterocycles. The van der Waals surface area contributed by atoms with Crippen LogP contribution in [0.15, 0.2) is 48.9 Å². The summed E-state index contributed by atoms with van der Waals surface area (Å²) in [5.74, 6) is 0.381. The third-order valence-corrected chi connectivity index (χ3v) is 3.43. The van der Waals surface area contributed by atoms with Crippen LogP contribution in [0.4, 0.5) is 5.82 Å². The molecule has 0 saturated heterocycles. The number of anilines is 1. The van der Waals surface area contributed by atoms with Gasteiger partial charge in [-0.1, -0.05) is 19.1 Å². The van der Waals surface area contributed by atoms with Crippen molar-refractivity contribution < 1.29 is 4.79 Å². The molecule has 0 aliphatic rings. The van der Waals surface area contributed by atoms with Gasteiger partial charge in [-0.25, -0.2) is 9.67 Å². The van der Waals surface area contributed by atoms with Crippen molar-refractivity contribution in [2.24, 2.45) is 0 Å². The van der Waals surface area contributed by atoms with Gasteiger partial charge in [-0.2, -0.15) is 0 Å². The Bertz CT molecular complexity index is 783. The summed E-state index contributed by atoms with van der Waals surface area (Å²) in [4.78, 5) is 16.4. The van der Waals surface area contributed by atoms with E-state index in [1.54, 1.807) is 29.3 Å². The molecule has 7 heteroatoms. The highest BCUT2D eigenvalue weighted by atomic mass is 16.1. The first kappa shape index (κ1) is 14.8. The van der Waals surface area contributed by atoms with Crippen LogP contribution in [0.2, 0.25) is 0 Å². The third kappa shape index (κ3) is 3.76. The minimum absolute atomic E-state index is 0.181. The van der Waals surface area contributed by atoms with Crippen LogP contribution in [0.3, 0.4) is 0 Å². The highest BCUT2D eigenvalue weighted by Gasteiger charge is 2.07. The second-order valence-corrected chi connectivity index (χ2v) is 5.06. The molecule has 2 heterocycles. The average molecular weight is 308 g/mol. The van der Waals surface area contributed by atoms with Gasteiger partial charge < -0.3 is 5.32 Å². The summed E-state index contributed by atoms with van der Waals surface area (Å²) >= 11 is 0. The molecular weight excluding hydrogens is 292 g/mol. The van der Waals surface area contributed by atoms with Crippen LogP contribution < -0.4 is 5.32 Å². The maximum absolute atomic E-state index is 12.3. The number of aromatic nitrogens is 5. The van der Waals surface area contributed by atoms with Gasteiger partial charge in [0.05, 0.1) is 6.54 Å². The number of rotatable bonds is 5. The third-order valence-electron chi connectivity index (χ3n) is 3.43. The largest absolute Gasteiger partial charge is 0.307 e. The van der Waals surface area contributed by atoms with E-state index < -0.39 is 0 Å². The van der Waals surface area contributed by atoms with Gasteiger partial charge in [0.2, 0.25) is 0 Å². The van der Waals surface area contributed by atoms with E-state index in [1.165, 1.54) is 0 Å². The van der Waals surface area contributed by atoms with Gasteiger partial charge in [0.15, 0.2) is 0 Å². The van der Waals surface area contributed by atoms with Gasteiger partial charge >= 0.3 is 0 Å². The fraction of sp³-hybridized carbons (Fsp3) is 0.188. The van der Waals surface area contributed by atoms with E-state index in [9.17, 15) is 4.79 Å². The van der Waals surface area contributed by atoms with Crippen LogP contribution in [0.5, 0.6) is 0 Å². The molecule has 3 aromatic rings. The Morgan fingerprint density at radius 3 is 2.70 bits per heavy atom. The Morgan fingerprint density at radius 2 is 2.00 bits per heavy atom. The lowest BCUT2D eigenvalue weighted by molar-refractivity contribution is 0.102. The molecule has 0 aliphatic carbocycles. The predicted octanol–water partition coefficient (Wildman–Crippen LogP) is 1.93. The molecule has 7 nitrogen and oxygen atoms in total. The molecule has 0 spiro atoms. The number of hydrogen-bond acceptors (Lipinski definition) is 5. The predicted molar refractivity (Wildman–Crippen MR) is 84.9 cm³/mol. The van der Waals surface area contributed by atoms with Crippen molar-refractivity contribution in [1.29, 1.82) is 0 Å². The maximum Gasteiger partial charge on any atom is 0.256 e. The molecule has 1 aromatic carbocycles. The highest BCUT2D eigenvalue weighted by molar-refractivity contribution is 6.03. The average Bonchev–Trinajstić information content (AvgIpc) is 3.08. The minimum Gasteiger partial charge on any atom is -0.307 e. The summed E-state index contributed by atoms with van der Waals surface area (Å²) in [6, 6.07) is 11.1. The number of benzene rings is 1. The van der Waals surface area contributed by atoms with Crippen LogP contribution in [0.1, 0.15) is 28.4 Å². The second kappa shape index (κ2) is 6.78. The molecule has 1 N–H and O–H groups in total. The molecule has 0 bridgehead atoms. The van der Waals surface area contributed by atoms with Crippen molar-refractivity contribution in [2.45, 2.75) is 19.9 Å². The lowest BCUT2D eigenvalue weighted by Crippen LogP contribution is -2.13. The van der Waals surface area contributed by atoms with E-state index in [2.05, 4.69) is 32.7 Å². The van der Waals surface area contributed by atoms with E-state index in [1.807, 2.05) is 24.3 Å². The normalized spacial score (nSPS) is 10.5. The highest BCUT2D eigenvalue weighted by Crippen LogP contribution is 2.11. The topological polar surface area (TPSA) is 85.6 Å². The molecule has 1 amide bonds. The molecule has 0 fully saturated rings. The van der Waals surface area contributed by atoms with Gasteiger partial charge in [-0.05, 0) is 52.2 Å². The van der Waals surface area contributed by atoms with E-state index in [4.69, 9.17) is 0 Å². The number of amides is 1. The SMILES string of the molecule is CCc1ccnc(NC(=O)c2ccc(Cn3cnnn3)cc2)c1. The number of aryl methyl sites for hydroxylation is 1. The number of nitrogens with zero attached hydrogens (tertiary/aromatic N) is 5. The summed E-state index contributed by atoms with van der Waals surface area (Å²) in [7, 11) is 0. The first-order chi connectivity index (χ1) is 11.2. The van der Waals surface area contributed by atoms with E-state index in [-0.39, 0.29) is 5.91 Å². The number of tetrazole rings is 1.